The van der Waals surface area contributed by atoms with E-state index in [0.29, 0.717) is 18.8 Å². The Morgan fingerprint density at radius 2 is 2.10 bits per heavy atom. The van der Waals surface area contributed by atoms with E-state index in [9.17, 15) is 14.7 Å². The van der Waals surface area contributed by atoms with Gasteiger partial charge in [-0.05, 0) is 12.1 Å². The predicted octanol–water partition coefficient (Wildman–Crippen LogP) is -0.438. The van der Waals surface area contributed by atoms with E-state index in [4.69, 9.17) is 4.74 Å². The van der Waals surface area contributed by atoms with Gasteiger partial charge in [0.15, 0.2) is 0 Å². The summed E-state index contributed by atoms with van der Waals surface area (Å²) in [4.78, 5) is 25.6. The second-order valence-corrected chi connectivity index (χ2v) is 4.70. The third kappa shape index (κ3) is 3.85. The zero-order valence-electron chi connectivity index (χ0n) is 11.9. The molecule has 1 saturated heterocycles. The highest BCUT2D eigenvalue weighted by Gasteiger charge is 2.18. The van der Waals surface area contributed by atoms with Gasteiger partial charge in [0.05, 0.1) is 19.2 Å². The number of hydrogen-bond donors (Lipinski definition) is 3. The van der Waals surface area contributed by atoms with Crippen LogP contribution in [0.2, 0.25) is 0 Å². The van der Waals surface area contributed by atoms with Crippen molar-refractivity contribution in [3.63, 3.8) is 0 Å². The first-order valence-corrected chi connectivity index (χ1v) is 6.75. The normalized spacial score (nSPS) is 14.6. The lowest BCUT2D eigenvalue weighted by Gasteiger charge is -2.27. The third-order valence-electron chi connectivity index (χ3n) is 3.32. The molecule has 0 bridgehead atoms. The molecular formula is C14H19N3O4. The van der Waals surface area contributed by atoms with Crippen molar-refractivity contribution in [1.29, 1.82) is 0 Å². The maximum Gasteiger partial charge on any atom is 0.255 e. The molecule has 2 amide bonds. The molecule has 0 saturated carbocycles. The maximum atomic E-state index is 12.0. The van der Waals surface area contributed by atoms with Crippen molar-refractivity contribution < 1.29 is 19.4 Å². The summed E-state index contributed by atoms with van der Waals surface area (Å²) in [6.45, 7) is 2.73. The van der Waals surface area contributed by atoms with Crippen LogP contribution in [0, 0.1) is 0 Å². The number of benzene rings is 1. The average molecular weight is 293 g/mol. The van der Waals surface area contributed by atoms with Crippen LogP contribution in [0.4, 0.5) is 0 Å². The van der Waals surface area contributed by atoms with Crippen LogP contribution in [0.5, 0.6) is 11.5 Å². The Morgan fingerprint density at radius 1 is 1.38 bits per heavy atom. The van der Waals surface area contributed by atoms with Crippen LogP contribution >= 0.6 is 0 Å². The number of hydrogen-bond acceptors (Lipinski definition) is 5. The maximum absolute atomic E-state index is 12.0. The number of nitrogens with zero attached hydrogens (tertiary/aromatic N) is 1. The summed E-state index contributed by atoms with van der Waals surface area (Å²) in [7, 11) is 1.47. The van der Waals surface area contributed by atoms with Crippen molar-refractivity contribution >= 4 is 11.8 Å². The Morgan fingerprint density at radius 3 is 2.71 bits per heavy atom. The molecular weight excluding hydrogens is 274 g/mol. The van der Waals surface area contributed by atoms with Gasteiger partial charge in [-0.1, -0.05) is 0 Å². The third-order valence-corrected chi connectivity index (χ3v) is 3.32. The van der Waals surface area contributed by atoms with Crippen molar-refractivity contribution in [1.82, 2.24) is 15.5 Å². The van der Waals surface area contributed by atoms with Gasteiger partial charge in [-0.3, -0.25) is 9.59 Å². The number of phenolic OH excluding ortho intramolecular Hbond substituents is 1. The summed E-state index contributed by atoms with van der Waals surface area (Å²) >= 11 is 0. The van der Waals surface area contributed by atoms with Crippen molar-refractivity contribution in [3.8, 4) is 11.5 Å². The fourth-order valence-electron chi connectivity index (χ4n) is 2.11. The first kappa shape index (κ1) is 15.1. The summed E-state index contributed by atoms with van der Waals surface area (Å²) in [5.41, 5.74) is 0.115. The van der Waals surface area contributed by atoms with E-state index in [0.717, 1.165) is 13.1 Å². The minimum Gasteiger partial charge on any atom is -0.507 e. The molecule has 1 aliphatic heterocycles. The van der Waals surface area contributed by atoms with E-state index in [2.05, 4.69) is 10.6 Å². The topological polar surface area (TPSA) is 90.9 Å². The minimum atomic E-state index is -0.487. The minimum absolute atomic E-state index is 0.0791. The van der Waals surface area contributed by atoms with E-state index in [1.54, 1.807) is 11.0 Å². The lowest BCUT2D eigenvalue weighted by atomic mass is 10.2. The number of carbonyl (C=O) groups is 2. The number of piperazine rings is 1. The van der Waals surface area contributed by atoms with Gasteiger partial charge in [-0.25, -0.2) is 0 Å². The Bertz CT molecular complexity index is 527. The van der Waals surface area contributed by atoms with E-state index < -0.39 is 5.91 Å². The van der Waals surface area contributed by atoms with Gasteiger partial charge in [0.25, 0.3) is 5.91 Å². The number of phenols is 1. The zero-order valence-corrected chi connectivity index (χ0v) is 11.9. The molecule has 7 nitrogen and oxygen atoms in total. The smallest absolute Gasteiger partial charge is 0.255 e. The van der Waals surface area contributed by atoms with Crippen molar-refractivity contribution in [3.05, 3.63) is 23.8 Å². The van der Waals surface area contributed by atoms with Crippen LogP contribution < -0.4 is 15.4 Å². The molecule has 1 aromatic rings. The Labute approximate surface area is 122 Å². The van der Waals surface area contributed by atoms with E-state index in [1.807, 2.05) is 0 Å². The number of methoxy groups -OCH3 is 1. The summed E-state index contributed by atoms with van der Waals surface area (Å²) in [5.74, 6) is -0.334. The molecule has 21 heavy (non-hydrogen) atoms. The van der Waals surface area contributed by atoms with Crippen molar-refractivity contribution in [2.45, 2.75) is 0 Å². The molecule has 1 aromatic carbocycles. The zero-order chi connectivity index (χ0) is 15.2. The second kappa shape index (κ2) is 6.94. The summed E-state index contributed by atoms with van der Waals surface area (Å²) in [5, 5.41) is 15.4. The molecule has 7 heteroatoms. The van der Waals surface area contributed by atoms with Crippen LogP contribution in [-0.2, 0) is 4.79 Å². The van der Waals surface area contributed by atoms with Gasteiger partial charge in [-0.15, -0.1) is 0 Å². The molecule has 0 atom stereocenters. The molecule has 2 rings (SSSR count). The molecule has 0 aliphatic carbocycles. The molecule has 114 valence electrons. The van der Waals surface area contributed by atoms with E-state index >= 15 is 0 Å². The predicted molar refractivity (Wildman–Crippen MR) is 76.4 cm³/mol. The molecule has 0 spiro atoms. The van der Waals surface area contributed by atoms with E-state index in [1.165, 1.54) is 19.2 Å². The highest BCUT2D eigenvalue weighted by molar-refractivity contribution is 5.98. The largest absolute Gasteiger partial charge is 0.507 e. The van der Waals surface area contributed by atoms with Crippen molar-refractivity contribution in [2.24, 2.45) is 0 Å². The molecule has 1 fully saturated rings. The molecule has 0 unspecified atom stereocenters. The van der Waals surface area contributed by atoms with E-state index in [-0.39, 0.29) is 23.8 Å². The number of ether oxygens (including phenoxy) is 1. The fraction of sp³-hybridized carbons (Fsp3) is 0.429. The summed E-state index contributed by atoms with van der Waals surface area (Å²) in [6.07, 6.45) is 0. The quantitative estimate of drug-likeness (QED) is 0.700. The number of nitrogens with one attached hydrogen (secondary N) is 2. The van der Waals surface area contributed by atoms with Crippen LogP contribution in [-0.4, -0.2) is 61.7 Å². The lowest BCUT2D eigenvalue weighted by molar-refractivity contribution is -0.130. The number of amides is 2. The first-order valence-electron chi connectivity index (χ1n) is 6.75. The van der Waals surface area contributed by atoms with Gasteiger partial charge in [0.2, 0.25) is 5.91 Å². The Kier molecular flexibility index (Phi) is 4.99. The monoisotopic (exact) mass is 293 g/mol. The van der Waals surface area contributed by atoms with Gasteiger partial charge in [0.1, 0.15) is 11.5 Å². The van der Waals surface area contributed by atoms with Gasteiger partial charge in [-0.2, -0.15) is 0 Å². The standard InChI is InChI=1S/C14H19N3O4/c1-21-10-2-3-11(12(18)8-10)14(20)16-9-13(19)17-6-4-15-5-7-17/h2-3,8,15,18H,4-7,9H2,1H3,(H,16,20). The SMILES string of the molecule is COc1ccc(C(=O)NCC(=O)N2CCNCC2)c(O)c1. The molecule has 1 heterocycles. The summed E-state index contributed by atoms with van der Waals surface area (Å²) in [6, 6.07) is 4.39. The average Bonchev–Trinajstić information content (AvgIpc) is 2.52. The molecule has 0 radical (unpaired) electrons. The fourth-order valence-corrected chi connectivity index (χ4v) is 2.11. The van der Waals surface area contributed by atoms with Crippen LogP contribution in [0.1, 0.15) is 10.4 Å². The number of carbonyl (C=O) groups excluding carboxylic acids is 2. The summed E-state index contributed by atoms with van der Waals surface area (Å²) < 4.78 is 4.95. The number of rotatable bonds is 4. The van der Waals surface area contributed by atoms with Crippen LogP contribution in [0.3, 0.4) is 0 Å². The highest BCUT2D eigenvalue weighted by atomic mass is 16.5. The Balaban J connectivity index is 1.90. The lowest BCUT2D eigenvalue weighted by Crippen LogP contribution is -2.49. The molecule has 3 N–H and O–H groups in total. The second-order valence-electron chi connectivity index (χ2n) is 4.70. The first-order chi connectivity index (χ1) is 10.1. The highest BCUT2D eigenvalue weighted by Crippen LogP contribution is 2.23. The van der Waals surface area contributed by atoms with Crippen LogP contribution in [0.15, 0.2) is 18.2 Å². The Hall–Kier alpha value is -2.28. The van der Waals surface area contributed by atoms with Gasteiger partial charge in [0, 0.05) is 32.2 Å². The van der Waals surface area contributed by atoms with Gasteiger partial charge < -0.3 is 25.4 Å². The molecule has 1 aliphatic rings. The van der Waals surface area contributed by atoms with Crippen molar-refractivity contribution in [2.75, 3.05) is 39.8 Å². The van der Waals surface area contributed by atoms with Crippen LogP contribution in [0.25, 0.3) is 0 Å². The molecule has 0 aromatic heterocycles. The van der Waals surface area contributed by atoms with Gasteiger partial charge >= 0.3 is 0 Å². The number of aromatic hydroxyl groups is 1.